The third kappa shape index (κ3) is 3.51. The Hall–Kier alpha value is -1.10. The molecular weight excluding hydrogens is 216 g/mol. The minimum absolute atomic E-state index is 0.0439. The maximum absolute atomic E-state index is 11.6. The van der Waals surface area contributed by atoms with Gasteiger partial charge in [0.15, 0.2) is 0 Å². The van der Waals surface area contributed by atoms with E-state index in [1.807, 2.05) is 13.8 Å². The molecule has 0 saturated carbocycles. The van der Waals surface area contributed by atoms with E-state index < -0.39 is 5.41 Å². The topological polar surface area (TPSA) is 59.8 Å². The predicted octanol–water partition coefficient (Wildman–Crippen LogP) is 0.659. The fraction of sp³-hybridized carbons (Fsp3) is 0.667. The van der Waals surface area contributed by atoms with E-state index in [0.29, 0.717) is 19.0 Å². The molecule has 84 valence electrons. The molecule has 1 amide bonds. The van der Waals surface area contributed by atoms with E-state index in [9.17, 15) is 4.79 Å². The van der Waals surface area contributed by atoms with E-state index in [-0.39, 0.29) is 5.91 Å². The Morgan fingerprint density at radius 1 is 1.60 bits per heavy atom. The normalized spacial score (nSPS) is 11.4. The van der Waals surface area contributed by atoms with Gasteiger partial charge in [0.25, 0.3) is 0 Å². The summed E-state index contributed by atoms with van der Waals surface area (Å²) >= 11 is 5.68. The lowest BCUT2D eigenvalue weighted by Gasteiger charge is -2.20. The molecule has 0 bridgehead atoms. The highest BCUT2D eigenvalue weighted by atomic mass is 35.5. The number of carbonyl (C=O) groups excluding carboxylic acids is 1. The number of halogens is 1. The summed E-state index contributed by atoms with van der Waals surface area (Å²) in [5, 5.41) is 10.2. The van der Waals surface area contributed by atoms with E-state index in [0.717, 1.165) is 0 Å². The van der Waals surface area contributed by atoms with Crippen molar-refractivity contribution in [3.8, 4) is 0 Å². The van der Waals surface area contributed by atoms with Crippen LogP contribution in [0.2, 0.25) is 0 Å². The molecule has 0 unspecified atom stereocenters. The Balaban J connectivity index is 2.29. The van der Waals surface area contributed by atoms with Crippen LogP contribution in [0.3, 0.4) is 0 Å². The second kappa shape index (κ2) is 5.11. The molecule has 1 heterocycles. The van der Waals surface area contributed by atoms with Crippen molar-refractivity contribution in [2.75, 3.05) is 12.4 Å². The van der Waals surface area contributed by atoms with E-state index in [4.69, 9.17) is 11.6 Å². The first-order valence-electron chi connectivity index (χ1n) is 4.74. The van der Waals surface area contributed by atoms with E-state index in [1.54, 1.807) is 17.1 Å². The summed E-state index contributed by atoms with van der Waals surface area (Å²) in [6.45, 7) is 4.77. The molecule has 6 heteroatoms. The van der Waals surface area contributed by atoms with Crippen LogP contribution in [0.5, 0.6) is 0 Å². The first-order chi connectivity index (χ1) is 7.06. The first kappa shape index (κ1) is 12.0. The number of carbonyl (C=O) groups is 1. The standard InChI is InChI=1S/C9H15ClN4O/c1-9(2,7-10)8(15)11-3-5-14-6-4-12-13-14/h4,6H,3,5,7H2,1-2H3,(H,11,15). The average molecular weight is 231 g/mol. The van der Waals surface area contributed by atoms with E-state index in [1.165, 1.54) is 0 Å². The SMILES string of the molecule is CC(C)(CCl)C(=O)NCCn1ccnn1. The lowest BCUT2D eigenvalue weighted by molar-refractivity contribution is -0.128. The quantitative estimate of drug-likeness (QED) is 0.756. The molecule has 0 aliphatic carbocycles. The van der Waals surface area contributed by atoms with Crippen LogP contribution in [0.25, 0.3) is 0 Å². The maximum Gasteiger partial charge on any atom is 0.226 e. The Kier molecular flexibility index (Phi) is 4.08. The minimum atomic E-state index is -0.524. The van der Waals surface area contributed by atoms with Crippen LogP contribution in [0.15, 0.2) is 12.4 Å². The average Bonchev–Trinajstić information content (AvgIpc) is 2.70. The molecule has 0 aromatic carbocycles. The second-order valence-corrected chi connectivity index (χ2v) is 4.21. The number of hydrogen-bond donors (Lipinski definition) is 1. The summed E-state index contributed by atoms with van der Waals surface area (Å²) in [5.74, 6) is 0.264. The number of rotatable bonds is 5. The molecule has 1 aromatic heterocycles. The van der Waals surface area contributed by atoms with Gasteiger partial charge < -0.3 is 5.32 Å². The van der Waals surface area contributed by atoms with Crippen molar-refractivity contribution in [1.82, 2.24) is 20.3 Å². The molecule has 1 aromatic rings. The predicted molar refractivity (Wildman–Crippen MR) is 57.5 cm³/mol. The van der Waals surface area contributed by atoms with Crippen LogP contribution in [0.1, 0.15) is 13.8 Å². The molecule has 0 atom stereocenters. The van der Waals surface area contributed by atoms with Crippen molar-refractivity contribution in [3.63, 3.8) is 0 Å². The lowest BCUT2D eigenvalue weighted by Crippen LogP contribution is -2.39. The van der Waals surface area contributed by atoms with Gasteiger partial charge in [-0.15, -0.1) is 16.7 Å². The largest absolute Gasteiger partial charge is 0.354 e. The van der Waals surface area contributed by atoms with Gasteiger partial charge in [-0.1, -0.05) is 5.21 Å². The Morgan fingerprint density at radius 2 is 2.33 bits per heavy atom. The van der Waals surface area contributed by atoms with Gasteiger partial charge in [-0.05, 0) is 13.8 Å². The highest BCUT2D eigenvalue weighted by Crippen LogP contribution is 2.16. The molecule has 0 aliphatic heterocycles. The van der Waals surface area contributed by atoms with E-state index in [2.05, 4.69) is 15.6 Å². The maximum atomic E-state index is 11.6. The van der Waals surface area contributed by atoms with Crippen molar-refractivity contribution in [1.29, 1.82) is 0 Å². The number of alkyl halides is 1. The van der Waals surface area contributed by atoms with Crippen molar-refractivity contribution in [3.05, 3.63) is 12.4 Å². The van der Waals surface area contributed by atoms with Gasteiger partial charge in [-0.3, -0.25) is 9.48 Å². The van der Waals surface area contributed by atoms with Crippen molar-refractivity contribution >= 4 is 17.5 Å². The Morgan fingerprint density at radius 3 is 2.87 bits per heavy atom. The number of hydrogen-bond acceptors (Lipinski definition) is 3. The van der Waals surface area contributed by atoms with E-state index >= 15 is 0 Å². The van der Waals surface area contributed by atoms with Gasteiger partial charge >= 0.3 is 0 Å². The van der Waals surface area contributed by atoms with Gasteiger partial charge in [-0.25, -0.2) is 0 Å². The van der Waals surface area contributed by atoms with Gasteiger partial charge in [0, 0.05) is 18.6 Å². The number of amides is 1. The fourth-order valence-corrected chi connectivity index (χ4v) is 1.06. The Labute approximate surface area is 93.8 Å². The molecule has 5 nitrogen and oxygen atoms in total. The molecule has 1 rings (SSSR count). The van der Waals surface area contributed by atoms with Gasteiger partial charge in [0.05, 0.1) is 18.2 Å². The molecule has 0 aliphatic rings. The zero-order valence-electron chi connectivity index (χ0n) is 8.90. The third-order valence-corrected chi connectivity index (χ3v) is 2.72. The zero-order chi connectivity index (χ0) is 11.3. The highest BCUT2D eigenvalue weighted by Gasteiger charge is 2.25. The number of nitrogens with one attached hydrogen (secondary N) is 1. The second-order valence-electron chi connectivity index (χ2n) is 3.94. The molecule has 0 spiro atoms. The molecular formula is C9H15ClN4O. The van der Waals surface area contributed by atoms with Crippen LogP contribution < -0.4 is 5.32 Å². The summed E-state index contributed by atoms with van der Waals surface area (Å²) < 4.78 is 1.66. The first-order valence-corrected chi connectivity index (χ1v) is 5.28. The fourth-order valence-electron chi connectivity index (χ4n) is 0.936. The zero-order valence-corrected chi connectivity index (χ0v) is 9.66. The third-order valence-electron chi connectivity index (χ3n) is 2.05. The highest BCUT2D eigenvalue weighted by molar-refractivity contribution is 6.19. The van der Waals surface area contributed by atoms with Gasteiger partial charge in [0.1, 0.15) is 0 Å². The van der Waals surface area contributed by atoms with Crippen LogP contribution in [0, 0.1) is 5.41 Å². The lowest BCUT2D eigenvalue weighted by atomic mass is 9.95. The van der Waals surface area contributed by atoms with Crippen LogP contribution >= 0.6 is 11.6 Å². The summed E-state index contributed by atoms with van der Waals surface area (Å²) in [4.78, 5) is 11.6. The van der Waals surface area contributed by atoms with Crippen LogP contribution in [-0.2, 0) is 11.3 Å². The van der Waals surface area contributed by atoms with Gasteiger partial charge in [-0.2, -0.15) is 0 Å². The monoisotopic (exact) mass is 230 g/mol. The summed E-state index contributed by atoms with van der Waals surface area (Å²) in [6.07, 6.45) is 3.35. The van der Waals surface area contributed by atoms with Crippen LogP contribution in [0.4, 0.5) is 0 Å². The molecule has 0 radical (unpaired) electrons. The van der Waals surface area contributed by atoms with Crippen molar-refractivity contribution in [2.24, 2.45) is 5.41 Å². The molecule has 15 heavy (non-hydrogen) atoms. The molecule has 0 fully saturated rings. The summed E-state index contributed by atoms with van der Waals surface area (Å²) in [5.41, 5.74) is -0.524. The molecule has 0 saturated heterocycles. The summed E-state index contributed by atoms with van der Waals surface area (Å²) in [6, 6.07) is 0. The Bertz CT molecular complexity index is 310. The van der Waals surface area contributed by atoms with Gasteiger partial charge in [0.2, 0.25) is 5.91 Å². The van der Waals surface area contributed by atoms with Crippen molar-refractivity contribution < 1.29 is 4.79 Å². The molecule has 1 N–H and O–H groups in total. The summed E-state index contributed by atoms with van der Waals surface area (Å²) in [7, 11) is 0. The number of nitrogens with zero attached hydrogens (tertiary/aromatic N) is 3. The minimum Gasteiger partial charge on any atom is -0.354 e. The smallest absolute Gasteiger partial charge is 0.226 e. The van der Waals surface area contributed by atoms with Crippen molar-refractivity contribution in [2.45, 2.75) is 20.4 Å². The number of aromatic nitrogens is 3. The van der Waals surface area contributed by atoms with Crippen LogP contribution in [-0.4, -0.2) is 33.3 Å².